The van der Waals surface area contributed by atoms with Gasteiger partial charge < -0.3 is 15.1 Å². The Labute approximate surface area is 171 Å². The van der Waals surface area contributed by atoms with Crippen LogP contribution < -0.4 is 15.1 Å². The maximum atomic E-state index is 12.7. The minimum atomic E-state index is -0.355. The molecule has 1 atom stereocenters. The van der Waals surface area contributed by atoms with E-state index in [4.69, 9.17) is 0 Å². The summed E-state index contributed by atoms with van der Waals surface area (Å²) in [7, 11) is 0. The zero-order chi connectivity index (χ0) is 20.4. The molecule has 7 heteroatoms. The zero-order valence-electron chi connectivity index (χ0n) is 17.0. The molecule has 29 heavy (non-hydrogen) atoms. The van der Waals surface area contributed by atoms with Gasteiger partial charge in [-0.2, -0.15) is 0 Å². The highest BCUT2D eigenvalue weighted by atomic mass is 16.2. The van der Waals surface area contributed by atoms with Crippen molar-refractivity contribution in [2.24, 2.45) is 5.92 Å². The van der Waals surface area contributed by atoms with E-state index in [1.54, 1.807) is 4.90 Å². The quantitative estimate of drug-likeness (QED) is 0.844. The number of rotatable bonds is 5. The highest BCUT2D eigenvalue weighted by Gasteiger charge is 2.35. The van der Waals surface area contributed by atoms with Gasteiger partial charge in [-0.1, -0.05) is 17.7 Å². The molecule has 0 radical (unpaired) electrons. The number of nitrogens with one attached hydrogen (secondary N) is 1. The number of benzene rings is 1. The van der Waals surface area contributed by atoms with Crippen molar-refractivity contribution in [1.82, 2.24) is 15.3 Å². The summed E-state index contributed by atoms with van der Waals surface area (Å²) in [5.74, 6) is 1.05. The fraction of sp³-hybridized carbons (Fsp3) is 0.455. The van der Waals surface area contributed by atoms with Gasteiger partial charge in [0.2, 0.25) is 11.8 Å². The molecule has 2 amide bonds. The van der Waals surface area contributed by atoms with Gasteiger partial charge in [0, 0.05) is 43.5 Å². The van der Waals surface area contributed by atoms with Crippen LogP contribution in [0.5, 0.6) is 0 Å². The van der Waals surface area contributed by atoms with Gasteiger partial charge in [-0.3, -0.25) is 9.59 Å². The van der Waals surface area contributed by atoms with Gasteiger partial charge in [-0.05, 0) is 38.8 Å². The van der Waals surface area contributed by atoms with Crippen LogP contribution in [0.3, 0.4) is 0 Å². The van der Waals surface area contributed by atoms with Crippen LogP contribution in [0.1, 0.15) is 36.3 Å². The number of carbonyl (C=O) groups is 2. The predicted octanol–water partition coefficient (Wildman–Crippen LogP) is 2.36. The summed E-state index contributed by atoms with van der Waals surface area (Å²) in [6.45, 7) is 6.66. The first-order valence-corrected chi connectivity index (χ1v) is 10.2. The van der Waals surface area contributed by atoms with Crippen LogP contribution in [0, 0.1) is 19.8 Å². The topological polar surface area (TPSA) is 78.4 Å². The molecule has 3 heterocycles. The van der Waals surface area contributed by atoms with E-state index in [9.17, 15) is 9.59 Å². The maximum Gasteiger partial charge on any atom is 0.227 e. The van der Waals surface area contributed by atoms with Crippen molar-refractivity contribution in [2.75, 3.05) is 29.4 Å². The molecule has 7 nitrogen and oxygen atoms in total. The highest BCUT2D eigenvalue weighted by Crippen LogP contribution is 2.25. The molecule has 1 aromatic heterocycles. The summed E-state index contributed by atoms with van der Waals surface area (Å²) in [5.41, 5.74) is 2.88. The third-order valence-electron chi connectivity index (χ3n) is 5.58. The SMILES string of the molecule is Cc1ccc(N2CC(C(=O)NCc3nc(C)cc(N4CCCC4)n3)CC2=O)cc1. The molecule has 2 aliphatic heterocycles. The molecule has 152 valence electrons. The van der Waals surface area contributed by atoms with Crippen molar-refractivity contribution in [3.63, 3.8) is 0 Å². The van der Waals surface area contributed by atoms with Crippen LogP contribution in [-0.4, -0.2) is 41.4 Å². The number of nitrogens with zero attached hydrogens (tertiary/aromatic N) is 4. The molecule has 1 N–H and O–H groups in total. The number of anilines is 2. The van der Waals surface area contributed by atoms with Crippen LogP contribution in [0.25, 0.3) is 0 Å². The summed E-state index contributed by atoms with van der Waals surface area (Å²) >= 11 is 0. The monoisotopic (exact) mass is 393 g/mol. The number of hydrogen-bond acceptors (Lipinski definition) is 5. The summed E-state index contributed by atoms with van der Waals surface area (Å²) in [4.78, 5) is 38.1. The predicted molar refractivity (Wildman–Crippen MR) is 112 cm³/mol. The number of hydrogen-bond donors (Lipinski definition) is 1. The third-order valence-corrected chi connectivity index (χ3v) is 5.58. The molecule has 2 saturated heterocycles. The Morgan fingerprint density at radius 3 is 2.59 bits per heavy atom. The van der Waals surface area contributed by atoms with Gasteiger partial charge in [-0.25, -0.2) is 9.97 Å². The standard InChI is InChI=1S/C22H27N5O2/c1-15-5-7-18(8-6-15)27-14-17(12-21(27)28)22(29)23-13-19-24-16(2)11-20(25-19)26-9-3-4-10-26/h5-8,11,17H,3-4,9-10,12-14H2,1-2H3,(H,23,29). The maximum absolute atomic E-state index is 12.7. The van der Waals surface area contributed by atoms with Gasteiger partial charge in [0.25, 0.3) is 0 Å². The highest BCUT2D eigenvalue weighted by molar-refractivity contribution is 6.00. The second kappa shape index (κ2) is 8.19. The molecule has 1 aromatic carbocycles. The minimum absolute atomic E-state index is 0.0165. The molecular weight excluding hydrogens is 366 g/mol. The molecule has 4 rings (SSSR count). The van der Waals surface area contributed by atoms with Crippen LogP contribution in [0.4, 0.5) is 11.5 Å². The Morgan fingerprint density at radius 1 is 1.14 bits per heavy atom. The fourth-order valence-electron chi connectivity index (χ4n) is 3.97. The first-order valence-electron chi connectivity index (χ1n) is 10.2. The smallest absolute Gasteiger partial charge is 0.227 e. The van der Waals surface area contributed by atoms with Crippen molar-refractivity contribution in [2.45, 2.75) is 39.7 Å². The normalized spacial score (nSPS) is 19.1. The van der Waals surface area contributed by atoms with Gasteiger partial charge >= 0.3 is 0 Å². The average Bonchev–Trinajstić information content (AvgIpc) is 3.36. The third kappa shape index (κ3) is 4.39. The Balaban J connectivity index is 1.37. The van der Waals surface area contributed by atoms with Crippen molar-refractivity contribution in [3.05, 3.63) is 47.4 Å². The van der Waals surface area contributed by atoms with Crippen LogP contribution in [0.15, 0.2) is 30.3 Å². The summed E-state index contributed by atoms with van der Waals surface area (Å²) < 4.78 is 0. The lowest BCUT2D eigenvalue weighted by Gasteiger charge is -2.18. The van der Waals surface area contributed by atoms with E-state index in [2.05, 4.69) is 20.2 Å². The van der Waals surface area contributed by atoms with Crippen LogP contribution in [0.2, 0.25) is 0 Å². The first-order chi connectivity index (χ1) is 14.0. The Bertz CT molecular complexity index is 906. The molecule has 0 bridgehead atoms. The van der Waals surface area contributed by atoms with E-state index in [1.807, 2.05) is 44.2 Å². The molecule has 2 aliphatic rings. The average molecular weight is 393 g/mol. The second-order valence-electron chi connectivity index (χ2n) is 7.94. The largest absolute Gasteiger partial charge is 0.357 e. The Kier molecular flexibility index (Phi) is 5.47. The lowest BCUT2D eigenvalue weighted by atomic mass is 10.1. The van der Waals surface area contributed by atoms with Crippen LogP contribution >= 0.6 is 0 Å². The van der Waals surface area contributed by atoms with Crippen molar-refractivity contribution < 1.29 is 9.59 Å². The summed E-state index contributed by atoms with van der Waals surface area (Å²) in [6.07, 6.45) is 2.60. The molecule has 0 aliphatic carbocycles. The van der Waals surface area contributed by atoms with E-state index in [0.717, 1.165) is 35.9 Å². The molecule has 0 saturated carbocycles. The zero-order valence-corrected chi connectivity index (χ0v) is 17.0. The number of aromatic nitrogens is 2. The van der Waals surface area contributed by atoms with Crippen molar-refractivity contribution >= 4 is 23.3 Å². The lowest BCUT2D eigenvalue weighted by molar-refractivity contribution is -0.126. The van der Waals surface area contributed by atoms with Gasteiger partial charge in [0.05, 0.1) is 12.5 Å². The molecular formula is C22H27N5O2. The summed E-state index contributed by atoms with van der Waals surface area (Å²) in [6, 6.07) is 9.79. The molecule has 1 unspecified atom stereocenters. The van der Waals surface area contributed by atoms with Crippen molar-refractivity contribution in [1.29, 1.82) is 0 Å². The molecule has 0 spiro atoms. The van der Waals surface area contributed by atoms with E-state index < -0.39 is 0 Å². The van der Waals surface area contributed by atoms with Gasteiger partial charge in [0.1, 0.15) is 11.6 Å². The lowest BCUT2D eigenvalue weighted by Crippen LogP contribution is -2.33. The van der Waals surface area contributed by atoms with E-state index >= 15 is 0 Å². The van der Waals surface area contributed by atoms with Crippen LogP contribution in [-0.2, 0) is 16.1 Å². The fourth-order valence-corrected chi connectivity index (χ4v) is 3.97. The van der Waals surface area contributed by atoms with Gasteiger partial charge in [-0.15, -0.1) is 0 Å². The first kappa shape index (κ1) is 19.4. The van der Waals surface area contributed by atoms with E-state index in [-0.39, 0.29) is 30.7 Å². The molecule has 2 fully saturated rings. The van der Waals surface area contributed by atoms with Gasteiger partial charge in [0.15, 0.2) is 0 Å². The van der Waals surface area contributed by atoms with E-state index in [1.165, 1.54) is 12.8 Å². The number of amides is 2. The minimum Gasteiger partial charge on any atom is -0.357 e. The summed E-state index contributed by atoms with van der Waals surface area (Å²) in [5, 5.41) is 2.93. The number of carbonyl (C=O) groups excluding carboxylic acids is 2. The van der Waals surface area contributed by atoms with Crippen molar-refractivity contribution in [3.8, 4) is 0 Å². The second-order valence-corrected chi connectivity index (χ2v) is 7.94. The molecule has 2 aromatic rings. The van der Waals surface area contributed by atoms with E-state index in [0.29, 0.717) is 12.4 Å². The Hall–Kier alpha value is -2.96. The Morgan fingerprint density at radius 2 is 1.86 bits per heavy atom. The number of aryl methyl sites for hydroxylation is 2.